The lowest BCUT2D eigenvalue weighted by Crippen LogP contribution is -2.37. The van der Waals surface area contributed by atoms with E-state index < -0.39 is 13.9 Å². The third-order valence-electron chi connectivity index (χ3n) is 11.7. The molecule has 0 saturated heterocycles. The zero-order valence-electron chi connectivity index (χ0n) is 44.8. The van der Waals surface area contributed by atoms with E-state index in [-0.39, 0.29) is 25.8 Å². The third-order valence-corrected chi connectivity index (χ3v) is 12.7. The zero-order chi connectivity index (χ0) is 49.8. The van der Waals surface area contributed by atoms with Crippen molar-refractivity contribution >= 4 is 13.8 Å². The number of allylic oxidation sites excluding steroid dienone is 14. The van der Waals surface area contributed by atoms with Crippen LogP contribution in [-0.4, -0.2) is 70.7 Å². The lowest BCUT2D eigenvalue weighted by atomic mass is 10.0. The van der Waals surface area contributed by atoms with Gasteiger partial charge in [0.25, 0.3) is 7.82 Å². The van der Waals surface area contributed by atoms with Gasteiger partial charge >= 0.3 is 5.97 Å². The average molecular weight is 972 g/mol. The predicted molar refractivity (Wildman–Crippen MR) is 291 cm³/mol. The topological polar surface area (TPSA) is 94.1 Å². The standard InChI is InChI=1S/C59H106NO7P/c1-6-8-10-12-14-16-18-20-22-24-26-28-30-31-33-35-37-39-41-43-45-47-49-51-54-64-56-58(57-66-68(62,63)65-55-53-60(3,4)5)67-59(61)52-50-48-46-44-42-40-38-36-34-32-29-27-25-23-21-19-17-15-13-11-9-7-2/h8,10,14,16,20,22,26,28,31,33,37,39,43,45,58H,6-7,9,11-13,15,17-19,21,23-25,27,29-30,32,34-36,38,40-42,44,46-57H2,1-5H3/b10-8-,16-14-,22-20-,28-26-,33-31-,39-37-,45-43-. The van der Waals surface area contributed by atoms with E-state index in [0.717, 1.165) is 83.5 Å². The molecule has 0 aliphatic heterocycles. The van der Waals surface area contributed by atoms with Gasteiger partial charge in [-0.05, 0) is 70.6 Å². The van der Waals surface area contributed by atoms with Gasteiger partial charge in [0.2, 0.25) is 0 Å². The van der Waals surface area contributed by atoms with Crippen molar-refractivity contribution < 1.29 is 37.3 Å². The van der Waals surface area contributed by atoms with Crippen LogP contribution in [0.5, 0.6) is 0 Å². The van der Waals surface area contributed by atoms with Crippen LogP contribution < -0.4 is 4.89 Å². The van der Waals surface area contributed by atoms with Crippen molar-refractivity contribution in [2.75, 3.05) is 54.1 Å². The Balaban J connectivity index is 4.20. The predicted octanol–water partition coefficient (Wildman–Crippen LogP) is 16.9. The second-order valence-corrected chi connectivity index (χ2v) is 21.0. The molecular weight excluding hydrogens is 866 g/mol. The van der Waals surface area contributed by atoms with Gasteiger partial charge in [0.15, 0.2) is 0 Å². The van der Waals surface area contributed by atoms with Gasteiger partial charge in [0.1, 0.15) is 19.3 Å². The number of carbonyl (C=O) groups is 1. The Kier molecular flexibility index (Phi) is 49.3. The molecule has 0 radical (unpaired) electrons. The molecule has 0 aromatic heterocycles. The molecule has 9 heteroatoms. The summed E-state index contributed by atoms with van der Waals surface area (Å²) in [6, 6.07) is 0. The first-order valence-corrected chi connectivity index (χ1v) is 29.3. The smallest absolute Gasteiger partial charge is 0.306 e. The van der Waals surface area contributed by atoms with E-state index in [1.807, 2.05) is 21.1 Å². The quantitative estimate of drug-likeness (QED) is 0.0197. The Morgan fingerprint density at radius 1 is 0.471 bits per heavy atom. The molecule has 0 saturated carbocycles. The molecular formula is C59H106NO7P. The maximum atomic E-state index is 12.8. The minimum atomic E-state index is -4.55. The van der Waals surface area contributed by atoms with Gasteiger partial charge in [0, 0.05) is 13.0 Å². The number of hydrogen-bond donors (Lipinski definition) is 0. The molecule has 0 aliphatic rings. The maximum absolute atomic E-state index is 12.8. The number of unbranched alkanes of at least 4 members (excludes halogenated alkanes) is 23. The molecule has 0 rings (SSSR count). The summed E-state index contributed by atoms with van der Waals surface area (Å²) in [5.74, 6) is -0.348. The summed E-state index contributed by atoms with van der Waals surface area (Å²) >= 11 is 0. The summed E-state index contributed by atoms with van der Waals surface area (Å²) in [5.41, 5.74) is 0. The summed E-state index contributed by atoms with van der Waals surface area (Å²) in [4.78, 5) is 25.2. The molecule has 0 spiro atoms. The number of phosphoric ester groups is 1. The summed E-state index contributed by atoms with van der Waals surface area (Å²) < 4.78 is 34.8. The van der Waals surface area contributed by atoms with Crippen LogP contribution in [0.2, 0.25) is 0 Å². The average Bonchev–Trinajstić information content (AvgIpc) is 3.30. The highest BCUT2D eigenvalue weighted by Crippen LogP contribution is 2.38. The Morgan fingerprint density at radius 3 is 1.25 bits per heavy atom. The van der Waals surface area contributed by atoms with Crippen molar-refractivity contribution in [1.82, 2.24) is 0 Å². The fraction of sp³-hybridized carbons (Fsp3) is 0.746. The Labute approximate surface area is 420 Å². The normalized spacial score (nSPS) is 14.1. The molecule has 0 fully saturated rings. The summed E-state index contributed by atoms with van der Waals surface area (Å²) in [6.07, 6.45) is 69.1. The Hall–Kier alpha value is -2.32. The van der Waals surface area contributed by atoms with Crippen LogP contribution in [0.3, 0.4) is 0 Å². The molecule has 2 unspecified atom stereocenters. The van der Waals surface area contributed by atoms with Crippen molar-refractivity contribution in [3.63, 3.8) is 0 Å². The third kappa shape index (κ3) is 54.6. The van der Waals surface area contributed by atoms with Gasteiger partial charge in [0.05, 0.1) is 34.4 Å². The van der Waals surface area contributed by atoms with Crippen LogP contribution in [0, 0.1) is 0 Å². The van der Waals surface area contributed by atoms with Crippen molar-refractivity contribution in [1.29, 1.82) is 0 Å². The molecule has 0 aliphatic carbocycles. The molecule has 68 heavy (non-hydrogen) atoms. The fourth-order valence-corrected chi connectivity index (χ4v) is 8.20. The fourth-order valence-electron chi connectivity index (χ4n) is 7.47. The number of esters is 1. The molecule has 2 atom stereocenters. The van der Waals surface area contributed by atoms with E-state index in [0.29, 0.717) is 24.1 Å². The molecule has 0 heterocycles. The highest BCUT2D eigenvalue weighted by molar-refractivity contribution is 7.45. The summed E-state index contributed by atoms with van der Waals surface area (Å²) in [6.45, 7) is 5.20. The number of ether oxygens (including phenoxy) is 2. The lowest BCUT2D eigenvalue weighted by molar-refractivity contribution is -0.870. The van der Waals surface area contributed by atoms with Crippen molar-refractivity contribution in [2.45, 2.75) is 232 Å². The molecule has 0 aromatic carbocycles. The first-order valence-electron chi connectivity index (χ1n) is 27.8. The molecule has 0 amide bonds. The highest BCUT2D eigenvalue weighted by atomic mass is 31.2. The van der Waals surface area contributed by atoms with Gasteiger partial charge in [-0.15, -0.1) is 0 Å². The maximum Gasteiger partial charge on any atom is 0.306 e. The SMILES string of the molecule is CC/C=C\C/C=C\C/C=C\C/C=C\C/C=C\C/C=C\C/C=C\CCCCOCC(COP(=O)([O-])OCC[N+](C)(C)C)OC(=O)CCCCCCCCCCCCCCCCCCCCCCCC. The Bertz CT molecular complexity index is 1360. The van der Waals surface area contributed by atoms with Crippen LogP contribution in [0.25, 0.3) is 0 Å². The van der Waals surface area contributed by atoms with Gasteiger partial charge in [-0.1, -0.05) is 234 Å². The number of rotatable bonds is 51. The van der Waals surface area contributed by atoms with E-state index in [2.05, 4.69) is 98.9 Å². The van der Waals surface area contributed by atoms with E-state index in [1.165, 1.54) is 122 Å². The van der Waals surface area contributed by atoms with Crippen LogP contribution in [0.1, 0.15) is 226 Å². The number of phosphoric acid groups is 1. The molecule has 394 valence electrons. The van der Waals surface area contributed by atoms with Crippen molar-refractivity contribution in [2.24, 2.45) is 0 Å². The van der Waals surface area contributed by atoms with E-state index in [1.54, 1.807) is 0 Å². The molecule has 8 nitrogen and oxygen atoms in total. The second kappa shape index (κ2) is 51.0. The number of quaternary nitrogens is 1. The van der Waals surface area contributed by atoms with Crippen LogP contribution in [0.15, 0.2) is 85.1 Å². The number of likely N-dealkylation sites (N-methyl/N-ethyl adjacent to an activating group) is 1. The highest BCUT2D eigenvalue weighted by Gasteiger charge is 2.20. The largest absolute Gasteiger partial charge is 0.756 e. The summed E-state index contributed by atoms with van der Waals surface area (Å²) in [5, 5.41) is 0. The number of nitrogens with zero attached hydrogens (tertiary/aromatic N) is 1. The number of hydrogen-bond acceptors (Lipinski definition) is 7. The first kappa shape index (κ1) is 65.7. The molecule has 0 N–H and O–H groups in total. The van der Waals surface area contributed by atoms with E-state index in [4.69, 9.17) is 18.5 Å². The monoisotopic (exact) mass is 972 g/mol. The minimum absolute atomic E-state index is 0.0145. The Morgan fingerprint density at radius 2 is 0.853 bits per heavy atom. The molecule has 0 aromatic rings. The van der Waals surface area contributed by atoms with Crippen molar-refractivity contribution in [3.8, 4) is 0 Å². The minimum Gasteiger partial charge on any atom is -0.756 e. The lowest BCUT2D eigenvalue weighted by Gasteiger charge is -2.28. The second-order valence-electron chi connectivity index (χ2n) is 19.6. The van der Waals surface area contributed by atoms with Gasteiger partial charge in [-0.3, -0.25) is 9.36 Å². The van der Waals surface area contributed by atoms with Gasteiger partial charge < -0.3 is 27.9 Å². The first-order chi connectivity index (χ1) is 33.1. The van der Waals surface area contributed by atoms with Crippen LogP contribution in [0.4, 0.5) is 0 Å². The van der Waals surface area contributed by atoms with Crippen LogP contribution >= 0.6 is 7.82 Å². The zero-order valence-corrected chi connectivity index (χ0v) is 45.7. The summed E-state index contributed by atoms with van der Waals surface area (Å²) in [7, 11) is 1.32. The number of carbonyl (C=O) groups excluding carboxylic acids is 1. The van der Waals surface area contributed by atoms with E-state index in [9.17, 15) is 14.3 Å². The van der Waals surface area contributed by atoms with Crippen LogP contribution in [-0.2, 0) is 27.9 Å². The van der Waals surface area contributed by atoms with Gasteiger partial charge in [-0.2, -0.15) is 0 Å². The van der Waals surface area contributed by atoms with Gasteiger partial charge in [-0.25, -0.2) is 0 Å². The van der Waals surface area contributed by atoms with E-state index >= 15 is 0 Å². The van der Waals surface area contributed by atoms with Crippen molar-refractivity contribution in [3.05, 3.63) is 85.1 Å². The molecule has 0 bridgehead atoms.